The highest BCUT2D eigenvalue weighted by atomic mass is 15.0. The summed E-state index contributed by atoms with van der Waals surface area (Å²) < 4.78 is 0. The summed E-state index contributed by atoms with van der Waals surface area (Å²) in [6.07, 6.45) is 2.33. The maximum Gasteiger partial charge on any atom is 0.0887 e. The molecule has 0 aliphatic heterocycles. The first-order chi connectivity index (χ1) is 4.16. The van der Waals surface area contributed by atoms with Gasteiger partial charge in [0.05, 0.1) is 5.82 Å². The van der Waals surface area contributed by atoms with E-state index in [-0.39, 0.29) is 0 Å². The smallest absolute Gasteiger partial charge is 0.0887 e. The van der Waals surface area contributed by atoms with Crippen LogP contribution in [0.25, 0.3) is 0 Å². The number of nitrogens with one attached hydrogen (secondary N) is 1. The van der Waals surface area contributed by atoms with Crippen molar-refractivity contribution in [2.45, 2.75) is 32.7 Å². The second kappa shape index (κ2) is 4.24. The van der Waals surface area contributed by atoms with Gasteiger partial charge in [0.1, 0.15) is 0 Å². The monoisotopic (exact) mass is 128 g/mol. The van der Waals surface area contributed by atoms with Gasteiger partial charge in [0, 0.05) is 6.04 Å². The SMILES string of the molecule is C=C(N)NC(C)CCC. The van der Waals surface area contributed by atoms with E-state index in [9.17, 15) is 0 Å². The van der Waals surface area contributed by atoms with Crippen LogP contribution < -0.4 is 11.1 Å². The maximum absolute atomic E-state index is 5.32. The zero-order chi connectivity index (χ0) is 7.28. The average molecular weight is 128 g/mol. The molecule has 3 N–H and O–H groups in total. The van der Waals surface area contributed by atoms with Gasteiger partial charge in [-0.1, -0.05) is 19.9 Å². The van der Waals surface area contributed by atoms with Crippen LogP contribution in [0.3, 0.4) is 0 Å². The van der Waals surface area contributed by atoms with Gasteiger partial charge >= 0.3 is 0 Å². The molecule has 54 valence electrons. The van der Waals surface area contributed by atoms with Gasteiger partial charge in [0.25, 0.3) is 0 Å². The molecule has 0 heterocycles. The van der Waals surface area contributed by atoms with Gasteiger partial charge in [-0.3, -0.25) is 0 Å². The number of hydrogen-bond donors (Lipinski definition) is 2. The lowest BCUT2D eigenvalue weighted by Crippen LogP contribution is -2.28. The van der Waals surface area contributed by atoms with Crippen LogP contribution in [-0.4, -0.2) is 6.04 Å². The molecule has 9 heavy (non-hydrogen) atoms. The predicted molar refractivity (Wildman–Crippen MR) is 40.8 cm³/mol. The minimum Gasteiger partial charge on any atom is -0.386 e. The summed E-state index contributed by atoms with van der Waals surface area (Å²) in [5, 5.41) is 3.03. The Morgan fingerprint density at radius 1 is 1.78 bits per heavy atom. The molecule has 0 aromatic heterocycles. The van der Waals surface area contributed by atoms with E-state index in [1.807, 2.05) is 0 Å². The maximum atomic E-state index is 5.32. The molecule has 0 saturated carbocycles. The Labute approximate surface area is 57.1 Å². The van der Waals surface area contributed by atoms with Crippen LogP contribution >= 0.6 is 0 Å². The first-order valence-corrected chi connectivity index (χ1v) is 3.37. The molecule has 1 atom stereocenters. The summed E-state index contributed by atoms with van der Waals surface area (Å²) in [5.41, 5.74) is 5.32. The Morgan fingerprint density at radius 3 is 2.67 bits per heavy atom. The Morgan fingerprint density at radius 2 is 2.33 bits per heavy atom. The van der Waals surface area contributed by atoms with Gasteiger partial charge < -0.3 is 11.1 Å². The third kappa shape index (κ3) is 5.21. The van der Waals surface area contributed by atoms with E-state index in [4.69, 9.17) is 5.73 Å². The van der Waals surface area contributed by atoms with E-state index in [1.165, 1.54) is 6.42 Å². The topological polar surface area (TPSA) is 38.0 Å². The summed E-state index contributed by atoms with van der Waals surface area (Å²) in [6.45, 7) is 7.79. The van der Waals surface area contributed by atoms with Crippen molar-refractivity contribution < 1.29 is 0 Å². The lowest BCUT2D eigenvalue weighted by molar-refractivity contribution is 0.558. The van der Waals surface area contributed by atoms with Crippen molar-refractivity contribution in [1.29, 1.82) is 0 Å². The molecule has 0 fully saturated rings. The van der Waals surface area contributed by atoms with Crippen LogP contribution in [-0.2, 0) is 0 Å². The highest BCUT2D eigenvalue weighted by molar-refractivity contribution is 4.84. The molecule has 0 rings (SSSR count). The van der Waals surface area contributed by atoms with Crippen LogP contribution in [0.1, 0.15) is 26.7 Å². The fourth-order valence-corrected chi connectivity index (χ4v) is 0.822. The molecule has 0 aliphatic carbocycles. The third-order valence-corrected chi connectivity index (χ3v) is 1.15. The zero-order valence-electron chi connectivity index (χ0n) is 6.28. The molecular weight excluding hydrogens is 112 g/mol. The number of rotatable bonds is 4. The molecular formula is C7H16N2. The summed E-state index contributed by atoms with van der Waals surface area (Å²) >= 11 is 0. The van der Waals surface area contributed by atoms with E-state index < -0.39 is 0 Å². The van der Waals surface area contributed by atoms with E-state index in [0.29, 0.717) is 11.9 Å². The summed E-state index contributed by atoms with van der Waals surface area (Å²) in [5.74, 6) is 0.566. The largest absolute Gasteiger partial charge is 0.386 e. The van der Waals surface area contributed by atoms with Gasteiger partial charge in [-0.05, 0) is 13.3 Å². The van der Waals surface area contributed by atoms with Crippen molar-refractivity contribution in [2.75, 3.05) is 0 Å². The van der Waals surface area contributed by atoms with Crippen LogP contribution in [0.4, 0.5) is 0 Å². The normalized spacial score (nSPS) is 12.7. The highest BCUT2D eigenvalue weighted by Gasteiger charge is 1.96. The molecule has 0 saturated heterocycles. The van der Waals surface area contributed by atoms with E-state index in [1.54, 1.807) is 0 Å². The van der Waals surface area contributed by atoms with Crippen LogP contribution in [0.2, 0.25) is 0 Å². The van der Waals surface area contributed by atoms with Crippen LogP contribution in [0, 0.1) is 0 Å². The van der Waals surface area contributed by atoms with E-state index in [0.717, 1.165) is 6.42 Å². The zero-order valence-corrected chi connectivity index (χ0v) is 6.28. The average Bonchev–Trinajstić information content (AvgIpc) is 1.63. The van der Waals surface area contributed by atoms with Gasteiger partial charge in [0.2, 0.25) is 0 Å². The standard InChI is InChI=1S/C7H16N2/c1-4-5-6(2)9-7(3)8/h6,9H,3-5,8H2,1-2H3. The fraction of sp³-hybridized carbons (Fsp3) is 0.714. The summed E-state index contributed by atoms with van der Waals surface area (Å²) in [4.78, 5) is 0. The second-order valence-electron chi connectivity index (χ2n) is 2.36. The van der Waals surface area contributed by atoms with Crippen molar-refractivity contribution in [3.8, 4) is 0 Å². The Bertz CT molecular complexity index is 88.9. The molecule has 0 aromatic carbocycles. The number of hydrogen-bond acceptors (Lipinski definition) is 2. The minimum atomic E-state index is 0.465. The Hall–Kier alpha value is -0.660. The molecule has 0 amide bonds. The molecule has 0 aromatic rings. The van der Waals surface area contributed by atoms with Crippen LogP contribution in [0.5, 0.6) is 0 Å². The lowest BCUT2D eigenvalue weighted by atomic mass is 10.2. The van der Waals surface area contributed by atoms with E-state index in [2.05, 4.69) is 25.7 Å². The fourth-order valence-electron chi connectivity index (χ4n) is 0.822. The molecule has 0 radical (unpaired) electrons. The number of nitrogens with two attached hydrogens (primary N) is 1. The molecule has 2 heteroatoms. The van der Waals surface area contributed by atoms with Gasteiger partial charge in [-0.25, -0.2) is 0 Å². The van der Waals surface area contributed by atoms with Crippen molar-refractivity contribution in [1.82, 2.24) is 5.32 Å². The van der Waals surface area contributed by atoms with Crippen molar-refractivity contribution in [3.05, 3.63) is 12.4 Å². The van der Waals surface area contributed by atoms with Crippen molar-refractivity contribution >= 4 is 0 Å². The van der Waals surface area contributed by atoms with Crippen LogP contribution in [0.15, 0.2) is 12.4 Å². The quantitative estimate of drug-likeness (QED) is 0.597. The Kier molecular flexibility index (Phi) is 3.93. The molecule has 2 nitrogen and oxygen atoms in total. The highest BCUT2D eigenvalue weighted by Crippen LogP contribution is 1.94. The van der Waals surface area contributed by atoms with E-state index >= 15 is 0 Å². The Balaban J connectivity index is 3.26. The third-order valence-electron chi connectivity index (χ3n) is 1.15. The van der Waals surface area contributed by atoms with Gasteiger partial charge in [0.15, 0.2) is 0 Å². The summed E-state index contributed by atoms with van der Waals surface area (Å²) in [7, 11) is 0. The first kappa shape index (κ1) is 8.34. The molecule has 1 unspecified atom stereocenters. The molecule has 0 aliphatic rings. The predicted octanol–water partition coefficient (Wildman–Crippen LogP) is 1.19. The molecule has 0 bridgehead atoms. The van der Waals surface area contributed by atoms with Crippen molar-refractivity contribution in [3.63, 3.8) is 0 Å². The molecule has 0 spiro atoms. The second-order valence-corrected chi connectivity index (χ2v) is 2.36. The first-order valence-electron chi connectivity index (χ1n) is 3.37. The summed E-state index contributed by atoms with van der Waals surface area (Å²) in [6, 6.07) is 0.465. The van der Waals surface area contributed by atoms with Gasteiger partial charge in [-0.2, -0.15) is 0 Å². The van der Waals surface area contributed by atoms with Crippen molar-refractivity contribution in [2.24, 2.45) is 5.73 Å². The van der Waals surface area contributed by atoms with Gasteiger partial charge in [-0.15, -0.1) is 0 Å². The lowest BCUT2D eigenvalue weighted by Gasteiger charge is -2.12. The minimum absolute atomic E-state index is 0.465.